The lowest BCUT2D eigenvalue weighted by Gasteiger charge is -2.07. The molecule has 0 aliphatic rings. The van der Waals surface area contributed by atoms with E-state index in [0.717, 1.165) is 20.7 Å². The van der Waals surface area contributed by atoms with E-state index in [1.165, 1.54) is 0 Å². The summed E-state index contributed by atoms with van der Waals surface area (Å²) >= 11 is 10.2. The Bertz CT molecular complexity index is 625. The molecule has 21 heavy (non-hydrogen) atoms. The molecule has 4 nitrogen and oxygen atoms in total. The Morgan fingerprint density at radius 2 is 2.19 bits per heavy atom. The van der Waals surface area contributed by atoms with Crippen molar-refractivity contribution >= 4 is 50.8 Å². The van der Waals surface area contributed by atoms with E-state index in [9.17, 15) is 0 Å². The summed E-state index contributed by atoms with van der Waals surface area (Å²) in [4.78, 5) is 1.05. The van der Waals surface area contributed by atoms with Crippen LogP contribution in [0.2, 0.25) is 0 Å². The molecule has 110 valence electrons. The van der Waals surface area contributed by atoms with Crippen LogP contribution in [0.25, 0.3) is 0 Å². The number of ether oxygens (including phenoxy) is 1. The Kier molecular flexibility index (Phi) is 6.16. The summed E-state index contributed by atoms with van der Waals surface area (Å²) in [5.74, 6) is 0.839. The molecule has 0 radical (unpaired) electrons. The monoisotopic (exact) mass is 383 g/mol. The zero-order valence-corrected chi connectivity index (χ0v) is 14.5. The van der Waals surface area contributed by atoms with Gasteiger partial charge in [0.05, 0.1) is 13.3 Å². The van der Waals surface area contributed by atoms with Crippen molar-refractivity contribution in [1.82, 2.24) is 10.7 Å². The van der Waals surface area contributed by atoms with Crippen LogP contribution in [0.15, 0.2) is 45.3 Å². The van der Waals surface area contributed by atoms with Crippen LogP contribution in [0.1, 0.15) is 10.4 Å². The molecule has 2 aromatic rings. The summed E-state index contributed by atoms with van der Waals surface area (Å²) in [5, 5.41) is 9.66. The van der Waals surface area contributed by atoms with Gasteiger partial charge in [-0.2, -0.15) is 5.10 Å². The number of thiocarbonyl (C=S) groups is 1. The molecule has 0 unspecified atom stereocenters. The third-order valence-electron chi connectivity index (χ3n) is 2.56. The lowest BCUT2D eigenvalue weighted by Crippen LogP contribution is -2.31. The van der Waals surface area contributed by atoms with Gasteiger partial charge in [0.25, 0.3) is 0 Å². The molecule has 0 bridgehead atoms. The van der Waals surface area contributed by atoms with Gasteiger partial charge in [-0.15, -0.1) is 11.3 Å². The summed E-state index contributed by atoms with van der Waals surface area (Å²) in [6.45, 7) is 0.635. The van der Waals surface area contributed by atoms with Gasteiger partial charge in [-0.3, -0.25) is 5.43 Å². The number of hydrogen-bond donors (Lipinski definition) is 2. The summed E-state index contributed by atoms with van der Waals surface area (Å²) < 4.78 is 6.16. The first-order valence-electron chi connectivity index (χ1n) is 6.11. The zero-order chi connectivity index (χ0) is 15.1. The molecule has 1 heterocycles. The third-order valence-corrected chi connectivity index (χ3v) is 4.42. The summed E-state index contributed by atoms with van der Waals surface area (Å²) in [5.41, 5.74) is 3.91. The average molecular weight is 384 g/mol. The molecule has 0 spiro atoms. The van der Waals surface area contributed by atoms with E-state index in [2.05, 4.69) is 31.8 Å². The molecular formula is C14H14BrN3OS2. The van der Waals surface area contributed by atoms with Gasteiger partial charge in [0.2, 0.25) is 0 Å². The van der Waals surface area contributed by atoms with Gasteiger partial charge in [0.1, 0.15) is 5.75 Å². The maximum absolute atomic E-state index is 5.16. The fourth-order valence-electron chi connectivity index (χ4n) is 1.52. The molecule has 0 fully saturated rings. The van der Waals surface area contributed by atoms with E-state index in [4.69, 9.17) is 17.0 Å². The quantitative estimate of drug-likeness (QED) is 0.471. The maximum Gasteiger partial charge on any atom is 0.187 e. The summed E-state index contributed by atoms with van der Waals surface area (Å²) in [7, 11) is 1.65. The molecule has 0 saturated carbocycles. The van der Waals surface area contributed by atoms with Gasteiger partial charge in [0.15, 0.2) is 5.11 Å². The molecule has 2 N–H and O–H groups in total. The fraction of sp³-hybridized carbons (Fsp3) is 0.143. The SMILES string of the molecule is COc1ccc(CNC(=S)N/N=C\c2cc(Br)cs2)cc1. The number of nitrogens with zero attached hydrogens (tertiary/aromatic N) is 1. The Morgan fingerprint density at radius 1 is 1.43 bits per heavy atom. The first-order valence-corrected chi connectivity index (χ1v) is 8.19. The van der Waals surface area contributed by atoms with Gasteiger partial charge < -0.3 is 10.1 Å². The second-order valence-corrected chi connectivity index (χ2v) is 6.33. The fourth-order valence-corrected chi connectivity index (χ4v) is 2.94. The summed E-state index contributed by atoms with van der Waals surface area (Å²) in [6.07, 6.45) is 1.73. The Morgan fingerprint density at radius 3 is 2.81 bits per heavy atom. The van der Waals surface area contributed by atoms with E-state index in [1.54, 1.807) is 24.7 Å². The van der Waals surface area contributed by atoms with Gasteiger partial charge in [-0.05, 0) is 51.9 Å². The van der Waals surface area contributed by atoms with E-state index in [-0.39, 0.29) is 0 Å². The molecule has 1 aromatic carbocycles. The predicted molar refractivity (Wildman–Crippen MR) is 95.2 cm³/mol. The largest absolute Gasteiger partial charge is 0.497 e. The van der Waals surface area contributed by atoms with Crippen LogP contribution in [0, 0.1) is 0 Å². The van der Waals surface area contributed by atoms with Crippen LogP contribution in [-0.2, 0) is 6.54 Å². The number of benzene rings is 1. The van der Waals surface area contributed by atoms with Crippen molar-refractivity contribution in [3.8, 4) is 5.75 Å². The number of hydrogen-bond acceptors (Lipinski definition) is 4. The number of rotatable bonds is 5. The van der Waals surface area contributed by atoms with Crippen molar-refractivity contribution < 1.29 is 4.74 Å². The van der Waals surface area contributed by atoms with E-state index < -0.39 is 0 Å². The number of nitrogens with one attached hydrogen (secondary N) is 2. The second-order valence-electron chi connectivity index (χ2n) is 4.07. The molecule has 0 amide bonds. The highest BCUT2D eigenvalue weighted by molar-refractivity contribution is 9.10. The van der Waals surface area contributed by atoms with Crippen molar-refractivity contribution in [3.05, 3.63) is 50.6 Å². The van der Waals surface area contributed by atoms with Crippen molar-refractivity contribution in [1.29, 1.82) is 0 Å². The number of methoxy groups -OCH3 is 1. The van der Waals surface area contributed by atoms with Crippen molar-refractivity contribution in [2.75, 3.05) is 7.11 Å². The Hall–Kier alpha value is -1.44. The molecule has 0 aliphatic carbocycles. The van der Waals surface area contributed by atoms with E-state index in [0.29, 0.717) is 11.7 Å². The third kappa shape index (κ3) is 5.45. The number of thiophene rings is 1. The first kappa shape index (κ1) is 15.9. The molecule has 0 atom stereocenters. The predicted octanol–water partition coefficient (Wildman–Crippen LogP) is 3.52. The minimum Gasteiger partial charge on any atom is -0.497 e. The molecule has 7 heteroatoms. The molecule has 1 aromatic heterocycles. The van der Waals surface area contributed by atoms with Crippen molar-refractivity contribution in [2.45, 2.75) is 6.54 Å². The normalized spacial score (nSPS) is 10.6. The zero-order valence-electron chi connectivity index (χ0n) is 11.3. The topological polar surface area (TPSA) is 45.6 Å². The lowest BCUT2D eigenvalue weighted by molar-refractivity contribution is 0.414. The standard InChI is InChI=1S/C14H14BrN3OS2/c1-19-12-4-2-10(3-5-12)7-16-14(20)18-17-8-13-6-11(15)9-21-13/h2-6,8-9H,7H2,1H3,(H2,16,18,20)/b17-8-. The number of hydrazone groups is 1. The Labute approximate surface area is 141 Å². The van der Waals surface area contributed by atoms with Crippen LogP contribution in [0.4, 0.5) is 0 Å². The van der Waals surface area contributed by atoms with Crippen LogP contribution >= 0.6 is 39.5 Å². The maximum atomic E-state index is 5.16. The van der Waals surface area contributed by atoms with E-state index in [1.807, 2.05) is 35.7 Å². The molecular weight excluding hydrogens is 370 g/mol. The Balaban J connectivity index is 1.75. The van der Waals surface area contributed by atoms with Crippen molar-refractivity contribution in [3.63, 3.8) is 0 Å². The van der Waals surface area contributed by atoms with Gasteiger partial charge in [0, 0.05) is 21.3 Å². The van der Waals surface area contributed by atoms with Crippen LogP contribution in [0.3, 0.4) is 0 Å². The highest BCUT2D eigenvalue weighted by Crippen LogP contribution is 2.17. The summed E-state index contributed by atoms with van der Waals surface area (Å²) in [6, 6.07) is 9.80. The van der Waals surface area contributed by atoms with Gasteiger partial charge in [-0.1, -0.05) is 12.1 Å². The number of halogens is 1. The average Bonchev–Trinajstić information content (AvgIpc) is 2.91. The van der Waals surface area contributed by atoms with Crippen molar-refractivity contribution in [2.24, 2.45) is 5.10 Å². The van der Waals surface area contributed by atoms with Gasteiger partial charge in [-0.25, -0.2) is 0 Å². The minimum absolute atomic E-state index is 0.484. The highest BCUT2D eigenvalue weighted by atomic mass is 79.9. The van der Waals surface area contributed by atoms with Crippen LogP contribution in [0.5, 0.6) is 5.75 Å². The lowest BCUT2D eigenvalue weighted by atomic mass is 10.2. The first-order chi connectivity index (χ1) is 10.2. The second kappa shape index (κ2) is 8.11. The van der Waals surface area contributed by atoms with E-state index >= 15 is 0 Å². The van der Waals surface area contributed by atoms with Crippen LogP contribution < -0.4 is 15.5 Å². The molecule has 0 aliphatic heterocycles. The smallest absolute Gasteiger partial charge is 0.187 e. The van der Waals surface area contributed by atoms with Crippen LogP contribution in [-0.4, -0.2) is 18.4 Å². The minimum atomic E-state index is 0.484. The highest BCUT2D eigenvalue weighted by Gasteiger charge is 1.97. The molecule has 0 saturated heterocycles. The molecule has 2 rings (SSSR count). The van der Waals surface area contributed by atoms with Gasteiger partial charge >= 0.3 is 0 Å².